The number of piperidine rings is 1. The lowest BCUT2D eigenvalue weighted by molar-refractivity contribution is -0.0857. The van der Waals surface area contributed by atoms with Crippen molar-refractivity contribution < 1.29 is 24.1 Å². The van der Waals surface area contributed by atoms with E-state index < -0.39 is 17.4 Å². The number of aromatic nitrogens is 2. The highest BCUT2D eigenvalue weighted by molar-refractivity contribution is 5.53. The Kier molecular flexibility index (Phi) is 6.06. The first-order valence-corrected chi connectivity index (χ1v) is 14.6. The van der Waals surface area contributed by atoms with E-state index in [1.807, 2.05) is 19.1 Å². The number of phenols is 1. The fourth-order valence-electron chi connectivity index (χ4n) is 7.93. The summed E-state index contributed by atoms with van der Waals surface area (Å²) in [6.07, 6.45) is 6.68. The molecule has 1 spiro atoms. The van der Waals surface area contributed by atoms with Crippen LogP contribution in [0.4, 0.5) is 10.2 Å². The highest BCUT2D eigenvalue weighted by atomic mass is 19.1. The number of phenolic OH excluding ortho intramolecular Hbond substituents is 1. The summed E-state index contributed by atoms with van der Waals surface area (Å²) < 4.78 is 27.4. The lowest BCUT2D eigenvalue weighted by Crippen LogP contribution is -2.47. The fraction of sp³-hybridized carbons (Fsp3) is 0.667. The molecule has 4 atom stereocenters. The molecule has 7 rings (SSSR count). The summed E-state index contributed by atoms with van der Waals surface area (Å²) in [5.41, 5.74) is 2.48. The van der Waals surface area contributed by atoms with Gasteiger partial charge in [-0.25, -0.2) is 4.39 Å². The molecule has 5 heterocycles. The molecule has 5 aliphatic rings. The van der Waals surface area contributed by atoms with E-state index in [0.717, 1.165) is 80.7 Å². The van der Waals surface area contributed by atoms with Crippen LogP contribution >= 0.6 is 0 Å². The number of hydrogen-bond donors (Lipinski definition) is 2. The summed E-state index contributed by atoms with van der Waals surface area (Å²) in [6, 6.07) is 5.93. The molecule has 1 aromatic heterocycles. The van der Waals surface area contributed by atoms with Gasteiger partial charge in [-0.2, -0.15) is 9.97 Å². The number of aliphatic hydroxyl groups is 1. The Balaban J connectivity index is 1.25. The number of fused-ring (bicyclic) bond motifs is 4. The van der Waals surface area contributed by atoms with Crippen LogP contribution in [0.15, 0.2) is 18.2 Å². The summed E-state index contributed by atoms with van der Waals surface area (Å²) in [4.78, 5) is 14.3. The number of benzene rings is 1. The largest absolute Gasteiger partial charge is 0.508 e. The minimum Gasteiger partial charge on any atom is -0.508 e. The molecular weight excluding hydrogens is 499 g/mol. The highest BCUT2D eigenvalue weighted by Gasteiger charge is 2.50. The van der Waals surface area contributed by atoms with Gasteiger partial charge >= 0.3 is 6.01 Å². The number of β-amino-alcohol motifs (C(OH)–C–C–N with tert-alkyl or cyclic N) is 1. The van der Waals surface area contributed by atoms with Crippen LogP contribution in [0, 0.1) is 0 Å². The smallest absolute Gasteiger partial charge is 0.318 e. The topological polar surface area (TPSA) is 91.2 Å². The molecule has 2 aromatic rings. The SMILES string of the molecule is C[C@@]1(O)CCCN(c2nc(OC[C@@]34CCCN3C[C@H](F)C4)nc3c2COC2(CCCc4ccc(O)cc42)C3)C1. The summed E-state index contributed by atoms with van der Waals surface area (Å²) in [5, 5.41) is 21.2. The molecule has 1 aliphatic carbocycles. The number of nitrogens with zero attached hydrogens (tertiary/aromatic N) is 4. The second-order valence-electron chi connectivity index (χ2n) is 12.8. The van der Waals surface area contributed by atoms with Gasteiger partial charge in [-0.3, -0.25) is 4.90 Å². The normalized spacial score (nSPS) is 34.1. The second-order valence-corrected chi connectivity index (χ2v) is 12.8. The molecule has 4 aliphatic heterocycles. The van der Waals surface area contributed by atoms with Crippen molar-refractivity contribution in [3.05, 3.63) is 40.6 Å². The van der Waals surface area contributed by atoms with Crippen LogP contribution in [0.1, 0.15) is 74.3 Å². The maximum Gasteiger partial charge on any atom is 0.318 e. The van der Waals surface area contributed by atoms with Gasteiger partial charge in [-0.15, -0.1) is 0 Å². The number of hydrogen-bond acceptors (Lipinski definition) is 8. The van der Waals surface area contributed by atoms with E-state index in [9.17, 15) is 14.6 Å². The maximum atomic E-state index is 14.4. The molecule has 3 saturated heterocycles. The lowest BCUT2D eigenvalue weighted by Gasteiger charge is -2.44. The first kappa shape index (κ1) is 25.5. The standard InChI is InChI=1S/C30H39FN4O4/c1-28(37)8-3-11-34(18-28)26-23-17-39-30(10-2-5-20-6-7-22(36)13-24(20)30)15-25(23)32-27(33-26)38-19-29-9-4-12-35(29)16-21(31)14-29/h6-7,13,21,36-37H,2-5,8-12,14-19H2,1H3/t21-,28-,29+,30?/m1/s1. The van der Waals surface area contributed by atoms with Crippen LogP contribution in [-0.4, -0.2) is 75.2 Å². The lowest BCUT2D eigenvalue weighted by atomic mass is 9.74. The Hall–Kier alpha value is -2.49. The molecule has 0 bridgehead atoms. The minimum absolute atomic E-state index is 0.246. The van der Waals surface area contributed by atoms with E-state index in [1.165, 1.54) is 5.56 Å². The number of ether oxygens (including phenoxy) is 2. The van der Waals surface area contributed by atoms with Crippen molar-refractivity contribution in [3.8, 4) is 11.8 Å². The summed E-state index contributed by atoms with van der Waals surface area (Å²) in [6.45, 7) is 5.29. The van der Waals surface area contributed by atoms with Crippen LogP contribution in [0.5, 0.6) is 11.8 Å². The number of rotatable bonds is 4. The third kappa shape index (κ3) is 4.46. The third-order valence-corrected chi connectivity index (χ3v) is 9.81. The Morgan fingerprint density at radius 3 is 2.90 bits per heavy atom. The van der Waals surface area contributed by atoms with E-state index in [-0.39, 0.29) is 11.3 Å². The average Bonchev–Trinajstić information content (AvgIpc) is 3.42. The van der Waals surface area contributed by atoms with Gasteiger partial charge in [0.15, 0.2) is 0 Å². The van der Waals surface area contributed by atoms with Gasteiger partial charge in [0.05, 0.1) is 29.0 Å². The zero-order valence-electron chi connectivity index (χ0n) is 22.8. The highest BCUT2D eigenvalue weighted by Crippen LogP contribution is 2.47. The van der Waals surface area contributed by atoms with Gasteiger partial charge in [-0.05, 0) is 81.7 Å². The molecule has 210 valence electrons. The molecular formula is C30H39FN4O4. The van der Waals surface area contributed by atoms with Crippen LogP contribution in [-0.2, 0) is 29.8 Å². The fourth-order valence-corrected chi connectivity index (χ4v) is 7.93. The number of alkyl halides is 1. The summed E-state index contributed by atoms with van der Waals surface area (Å²) in [5.74, 6) is 1.02. The monoisotopic (exact) mass is 538 g/mol. The maximum absolute atomic E-state index is 14.4. The van der Waals surface area contributed by atoms with Crippen molar-refractivity contribution in [1.82, 2.24) is 14.9 Å². The van der Waals surface area contributed by atoms with Gasteiger partial charge < -0.3 is 24.6 Å². The third-order valence-electron chi connectivity index (χ3n) is 9.81. The number of halogens is 1. The molecule has 0 amide bonds. The van der Waals surface area contributed by atoms with Crippen molar-refractivity contribution >= 4 is 5.82 Å². The average molecular weight is 539 g/mol. The number of anilines is 1. The van der Waals surface area contributed by atoms with Crippen molar-refractivity contribution in [2.24, 2.45) is 0 Å². The van der Waals surface area contributed by atoms with Crippen LogP contribution < -0.4 is 9.64 Å². The molecule has 39 heavy (non-hydrogen) atoms. The van der Waals surface area contributed by atoms with Crippen molar-refractivity contribution in [1.29, 1.82) is 0 Å². The van der Waals surface area contributed by atoms with E-state index in [1.54, 1.807) is 6.07 Å². The Morgan fingerprint density at radius 2 is 2.03 bits per heavy atom. The zero-order chi connectivity index (χ0) is 26.8. The number of aromatic hydroxyl groups is 1. The van der Waals surface area contributed by atoms with Gasteiger partial charge in [-0.1, -0.05) is 6.07 Å². The first-order valence-electron chi connectivity index (χ1n) is 14.6. The molecule has 8 nitrogen and oxygen atoms in total. The molecule has 1 aromatic carbocycles. The molecule has 0 saturated carbocycles. The summed E-state index contributed by atoms with van der Waals surface area (Å²) >= 11 is 0. The van der Waals surface area contributed by atoms with E-state index in [0.29, 0.717) is 45.2 Å². The molecule has 2 N–H and O–H groups in total. The Morgan fingerprint density at radius 1 is 1.15 bits per heavy atom. The van der Waals surface area contributed by atoms with Gasteiger partial charge in [0, 0.05) is 38.0 Å². The Bertz CT molecular complexity index is 1270. The predicted molar refractivity (Wildman–Crippen MR) is 144 cm³/mol. The van der Waals surface area contributed by atoms with Gasteiger partial charge in [0.25, 0.3) is 0 Å². The van der Waals surface area contributed by atoms with Crippen LogP contribution in [0.3, 0.4) is 0 Å². The number of aryl methyl sites for hydroxylation is 1. The summed E-state index contributed by atoms with van der Waals surface area (Å²) in [7, 11) is 0. The van der Waals surface area contributed by atoms with Gasteiger partial charge in [0.1, 0.15) is 24.3 Å². The van der Waals surface area contributed by atoms with Crippen LogP contribution in [0.25, 0.3) is 0 Å². The van der Waals surface area contributed by atoms with Crippen molar-refractivity contribution in [3.63, 3.8) is 0 Å². The van der Waals surface area contributed by atoms with Crippen molar-refractivity contribution in [2.75, 3.05) is 37.7 Å². The molecule has 9 heteroatoms. The van der Waals surface area contributed by atoms with E-state index in [2.05, 4.69) is 9.80 Å². The predicted octanol–water partition coefficient (Wildman–Crippen LogP) is 3.79. The molecule has 1 unspecified atom stereocenters. The zero-order valence-corrected chi connectivity index (χ0v) is 22.8. The first-order chi connectivity index (χ1) is 18.7. The quantitative estimate of drug-likeness (QED) is 0.608. The van der Waals surface area contributed by atoms with E-state index in [4.69, 9.17) is 19.4 Å². The molecule has 0 radical (unpaired) electrons. The second kappa shape index (κ2) is 9.28. The van der Waals surface area contributed by atoms with Gasteiger partial charge in [0.2, 0.25) is 0 Å². The molecule has 3 fully saturated rings. The minimum atomic E-state index is -0.815. The van der Waals surface area contributed by atoms with Crippen molar-refractivity contribution in [2.45, 2.75) is 94.2 Å². The van der Waals surface area contributed by atoms with E-state index >= 15 is 0 Å². The Labute approximate surface area is 229 Å². The van der Waals surface area contributed by atoms with Crippen LogP contribution in [0.2, 0.25) is 0 Å².